The minimum Gasteiger partial charge on any atom is -0.392 e. The van der Waals surface area contributed by atoms with E-state index >= 15 is 0 Å². The molecule has 1 aromatic rings. The number of aliphatic hydroxyl groups excluding tert-OH is 3. The van der Waals surface area contributed by atoms with Crippen LogP contribution >= 0.6 is 11.8 Å². The van der Waals surface area contributed by atoms with Gasteiger partial charge in [-0.1, -0.05) is 17.8 Å². The second-order valence-electron chi connectivity index (χ2n) is 4.19. The van der Waals surface area contributed by atoms with Gasteiger partial charge in [0, 0.05) is 12.7 Å². The van der Waals surface area contributed by atoms with Crippen molar-refractivity contribution in [1.29, 1.82) is 0 Å². The lowest BCUT2D eigenvalue weighted by molar-refractivity contribution is -0.109. The van der Waals surface area contributed by atoms with Crippen LogP contribution in [0, 0.1) is 5.82 Å². The van der Waals surface area contributed by atoms with Gasteiger partial charge in [-0.05, 0) is 29.7 Å². The van der Waals surface area contributed by atoms with Crippen LogP contribution in [0.2, 0.25) is 0 Å². The summed E-state index contributed by atoms with van der Waals surface area (Å²) >= 11 is 1.06. The van der Waals surface area contributed by atoms with Crippen LogP contribution in [0.5, 0.6) is 0 Å². The van der Waals surface area contributed by atoms with Gasteiger partial charge in [0.1, 0.15) is 11.9 Å². The molecule has 0 fully saturated rings. The molecule has 2 unspecified atom stereocenters. The Labute approximate surface area is 115 Å². The van der Waals surface area contributed by atoms with Crippen molar-refractivity contribution in [2.24, 2.45) is 0 Å². The summed E-state index contributed by atoms with van der Waals surface area (Å²) in [6.45, 7) is 1.08. The molecular weight excluding hydrogens is 271 g/mol. The van der Waals surface area contributed by atoms with Crippen molar-refractivity contribution >= 4 is 16.9 Å². The minimum atomic E-state index is -1.24. The molecule has 0 radical (unpaired) electrons. The summed E-state index contributed by atoms with van der Waals surface area (Å²) in [5.74, 6) is -0.193. The standard InChI is InChI=1S/C13H17FO4S/c1-8(16)19-3-2-12(17)13(18)10-4-9(7-15)5-11(14)6-10/h4-6,12-13,15,17-18H,2-3,7H2,1H3. The molecule has 106 valence electrons. The zero-order chi connectivity index (χ0) is 14.4. The minimum absolute atomic E-state index is 0.0602. The van der Waals surface area contributed by atoms with E-state index in [1.54, 1.807) is 0 Å². The fraction of sp³-hybridized carbons (Fsp3) is 0.462. The van der Waals surface area contributed by atoms with E-state index in [-0.39, 0.29) is 23.7 Å². The number of rotatable bonds is 6. The Balaban J connectivity index is 2.67. The molecule has 1 aromatic carbocycles. The van der Waals surface area contributed by atoms with E-state index in [2.05, 4.69) is 0 Å². The van der Waals surface area contributed by atoms with E-state index < -0.39 is 18.0 Å². The van der Waals surface area contributed by atoms with Crippen LogP contribution in [0.3, 0.4) is 0 Å². The van der Waals surface area contributed by atoms with Crippen molar-refractivity contribution in [2.45, 2.75) is 32.2 Å². The highest BCUT2D eigenvalue weighted by Gasteiger charge is 2.19. The molecule has 0 amide bonds. The first-order valence-electron chi connectivity index (χ1n) is 5.83. The van der Waals surface area contributed by atoms with Gasteiger partial charge in [0.2, 0.25) is 0 Å². The van der Waals surface area contributed by atoms with E-state index in [0.717, 1.165) is 23.9 Å². The summed E-state index contributed by atoms with van der Waals surface area (Å²) < 4.78 is 13.2. The Hall–Kier alpha value is -0.950. The molecule has 6 heteroatoms. The first-order valence-corrected chi connectivity index (χ1v) is 6.82. The van der Waals surface area contributed by atoms with Crippen LogP contribution in [-0.4, -0.2) is 32.3 Å². The average Bonchev–Trinajstić information content (AvgIpc) is 2.36. The maximum Gasteiger partial charge on any atom is 0.185 e. The zero-order valence-corrected chi connectivity index (χ0v) is 11.4. The number of thioether (sulfide) groups is 1. The lowest BCUT2D eigenvalue weighted by atomic mass is 10.0. The number of carbonyl (C=O) groups is 1. The maximum atomic E-state index is 13.2. The fourth-order valence-corrected chi connectivity index (χ4v) is 2.29. The second kappa shape index (κ2) is 7.59. The Bertz CT molecular complexity index is 439. The molecule has 0 bridgehead atoms. The van der Waals surface area contributed by atoms with Crippen molar-refractivity contribution in [1.82, 2.24) is 0 Å². The zero-order valence-electron chi connectivity index (χ0n) is 10.5. The monoisotopic (exact) mass is 288 g/mol. The number of halogens is 1. The van der Waals surface area contributed by atoms with Gasteiger partial charge >= 0.3 is 0 Å². The predicted molar refractivity (Wildman–Crippen MR) is 71.0 cm³/mol. The molecule has 3 N–H and O–H groups in total. The Morgan fingerprint density at radius 3 is 2.63 bits per heavy atom. The Morgan fingerprint density at radius 2 is 2.05 bits per heavy atom. The molecular formula is C13H17FO4S. The van der Waals surface area contributed by atoms with Crippen LogP contribution in [0.25, 0.3) is 0 Å². The van der Waals surface area contributed by atoms with Crippen molar-refractivity contribution < 1.29 is 24.5 Å². The lowest BCUT2D eigenvalue weighted by Gasteiger charge is -2.18. The first-order chi connectivity index (χ1) is 8.93. The van der Waals surface area contributed by atoms with Crippen molar-refractivity contribution in [3.63, 3.8) is 0 Å². The van der Waals surface area contributed by atoms with Gasteiger partial charge in [-0.15, -0.1) is 0 Å². The smallest absolute Gasteiger partial charge is 0.185 e. The molecule has 0 aliphatic heterocycles. The van der Waals surface area contributed by atoms with Crippen LogP contribution in [0.15, 0.2) is 18.2 Å². The number of benzene rings is 1. The third-order valence-corrected chi connectivity index (χ3v) is 3.43. The molecule has 4 nitrogen and oxygen atoms in total. The lowest BCUT2D eigenvalue weighted by Crippen LogP contribution is -2.19. The summed E-state index contributed by atoms with van der Waals surface area (Å²) in [7, 11) is 0. The molecule has 0 aromatic heterocycles. The summed E-state index contributed by atoms with van der Waals surface area (Å²) in [5.41, 5.74) is 0.545. The molecule has 19 heavy (non-hydrogen) atoms. The van der Waals surface area contributed by atoms with Crippen LogP contribution in [-0.2, 0) is 11.4 Å². The van der Waals surface area contributed by atoms with Crippen LogP contribution in [0.1, 0.15) is 30.6 Å². The van der Waals surface area contributed by atoms with Gasteiger partial charge in [0.05, 0.1) is 12.7 Å². The maximum absolute atomic E-state index is 13.2. The average molecular weight is 288 g/mol. The molecule has 0 spiro atoms. The molecule has 2 atom stereocenters. The third kappa shape index (κ3) is 5.28. The van der Waals surface area contributed by atoms with Gasteiger partial charge in [-0.3, -0.25) is 4.79 Å². The molecule has 0 heterocycles. The van der Waals surface area contributed by atoms with Gasteiger partial charge in [0.15, 0.2) is 5.12 Å². The van der Waals surface area contributed by atoms with E-state index in [9.17, 15) is 19.4 Å². The van der Waals surface area contributed by atoms with E-state index in [1.165, 1.54) is 13.0 Å². The Kier molecular flexibility index (Phi) is 6.44. The summed E-state index contributed by atoms with van der Waals surface area (Å²) in [6.07, 6.45) is -2.11. The normalized spacial score (nSPS) is 14.2. The largest absolute Gasteiger partial charge is 0.392 e. The third-order valence-electron chi connectivity index (χ3n) is 2.59. The van der Waals surface area contributed by atoms with Crippen molar-refractivity contribution in [3.05, 3.63) is 35.1 Å². The molecule has 0 aliphatic carbocycles. The molecule has 1 rings (SSSR count). The SMILES string of the molecule is CC(=O)SCCC(O)C(O)c1cc(F)cc(CO)c1. The van der Waals surface area contributed by atoms with Gasteiger partial charge in [-0.2, -0.15) is 0 Å². The number of aliphatic hydroxyl groups is 3. The number of hydrogen-bond acceptors (Lipinski definition) is 5. The topological polar surface area (TPSA) is 77.8 Å². The fourth-order valence-electron chi connectivity index (χ4n) is 1.64. The first kappa shape index (κ1) is 16.1. The van der Waals surface area contributed by atoms with Gasteiger partial charge < -0.3 is 15.3 Å². The quantitative estimate of drug-likeness (QED) is 0.737. The van der Waals surface area contributed by atoms with E-state index in [1.807, 2.05) is 0 Å². The van der Waals surface area contributed by atoms with Crippen LogP contribution < -0.4 is 0 Å². The number of hydrogen-bond donors (Lipinski definition) is 3. The van der Waals surface area contributed by atoms with Gasteiger partial charge in [0.25, 0.3) is 0 Å². The Morgan fingerprint density at radius 1 is 1.37 bits per heavy atom. The highest BCUT2D eigenvalue weighted by Crippen LogP contribution is 2.22. The number of carbonyl (C=O) groups excluding carboxylic acids is 1. The molecule has 0 saturated heterocycles. The van der Waals surface area contributed by atoms with Crippen LogP contribution in [0.4, 0.5) is 4.39 Å². The molecule has 0 saturated carbocycles. The van der Waals surface area contributed by atoms with E-state index in [0.29, 0.717) is 11.3 Å². The second-order valence-corrected chi connectivity index (χ2v) is 5.46. The van der Waals surface area contributed by atoms with E-state index in [4.69, 9.17) is 5.11 Å². The highest BCUT2D eigenvalue weighted by atomic mass is 32.2. The summed E-state index contributed by atoms with van der Waals surface area (Å²) in [6, 6.07) is 3.72. The highest BCUT2D eigenvalue weighted by molar-refractivity contribution is 8.13. The predicted octanol–water partition coefficient (Wildman–Crippen LogP) is 1.38. The van der Waals surface area contributed by atoms with Crippen molar-refractivity contribution in [3.8, 4) is 0 Å². The summed E-state index contributed by atoms with van der Waals surface area (Å²) in [5, 5.41) is 28.6. The van der Waals surface area contributed by atoms with Gasteiger partial charge in [-0.25, -0.2) is 4.39 Å². The van der Waals surface area contributed by atoms with Crippen molar-refractivity contribution in [2.75, 3.05) is 5.75 Å². The molecule has 0 aliphatic rings. The summed E-state index contributed by atoms with van der Waals surface area (Å²) in [4.78, 5) is 10.7.